The van der Waals surface area contributed by atoms with Gasteiger partial charge in [0.1, 0.15) is 24.6 Å². The molecule has 4 rings (SSSR count). The molecule has 43 heavy (non-hydrogen) atoms. The topological polar surface area (TPSA) is 168 Å². The summed E-state index contributed by atoms with van der Waals surface area (Å²) < 4.78 is 31.4. The maximum Gasteiger partial charge on any atom is 0.267 e. The fraction of sp³-hybridized carbons (Fsp3) is 1.00. The van der Waals surface area contributed by atoms with E-state index in [1.165, 1.54) is 0 Å². The van der Waals surface area contributed by atoms with Crippen LogP contribution in [0.1, 0.15) is 85.0 Å². The molecule has 11 heteroatoms. The van der Waals surface area contributed by atoms with Crippen LogP contribution in [0.3, 0.4) is 0 Å². The van der Waals surface area contributed by atoms with Crippen molar-refractivity contribution in [3.05, 3.63) is 0 Å². The Morgan fingerprint density at radius 3 is 2.35 bits per heavy atom. The van der Waals surface area contributed by atoms with Crippen molar-refractivity contribution in [3.63, 3.8) is 0 Å². The molecule has 0 bridgehead atoms. The third kappa shape index (κ3) is 7.79. The fourth-order valence-corrected chi connectivity index (χ4v) is 11.2. The SMILES string of the molecule is CC(CCC(O)NCCC[N+](C)(C)CC(O)CS(=O)(=O)O)C1CCC2C3C(O)CC4CC(O)CCC4(C)C3CC(O)C12C. The molecular weight excluding hydrogens is 572 g/mol. The van der Waals surface area contributed by atoms with Crippen LogP contribution in [0.5, 0.6) is 0 Å². The van der Waals surface area contributed by atoms with E-state index in [0.717, 1.165) is 57.8 Å². The lowest BCUT2D eigenvalue weighted by molar-refractivity contribution is -0.893. The Morgan fingerprint density at radius 2 is 1.67 bits per heavy atom. The highest BCUT2D eigenvalue weighted by Gasteiger charge is 2.65. The van der Waals surface area contributed by atoms with Gasteiger partial charge in [-0.3, -0.25) is 9.87 Å². The quantitative estimate of drug-likeness (QED) is 0.0695. The maximum atomic E-state index is 11.8. The van der Waals surface area contributed by atoms with Gasteiger partial charge in [0.2, 0.25) is 0 Å². The first-order valence-electron chi connectivity index (χ1n) is 16.8. The van der Waals surface area contributed by atoms with Crippen molar-refractivity contribution in [2.75, 3.05) is 39.5 Å². The van der Waals surface area contributed by atoms with Crippen LogP contribution >= 0.6 is 0 Å². The summed E-state index contributed by atoms with van der Waals surface area (Å²) in [5.74, 6) is 1.08. The van der Waals surface area contributed by atoms with Crippen molar-refractivity contribution in [1.29, 1.82) is 0 Å². The van der Waals surface area contributed by atoms with E-state index >= 15 is 0 Å². The van der Waals surface area contributed by atoms with Gasteiger partial charge in [-0.1, -0.05) is 20.8 Å². The fourth-order valence-electron chi connectivity index (χ4n) is 10.6. The average molecular weight is 634 g/mol. The van der Waals surface area contributed by atoms with Gasteiger partial charge in [0.25, 0.3) is 10.1 Å². The predicted molar refractivity (Wildman–Crippen MR) is 165 cm³/mol. The predicted octanol–water partition coefficient (Wildman–Crippen LogP) is 1.99. The summed E-state index contributed by atoms with van der Waals surface area (Å²) in [6, 6.07) is 0. The van der Waals surface area contributed by atoms with Gasteiger partial charge in [-0.15, -0.1) is 0 Å². The average Bonchev–Trinajstić information content (AvgIpc) is 3.24. The summed E-state index contributed by atoms with van der Waals surface area (Å²) in [4.78, 5) is 0. The Balaban J connectivity index is 1.27. The Labute approximate surface area is 259 Å². The molecule has 4 saturated carbocycles. The number of hydrogen-bond acceptors (Lipinski definition) is 8. The van der Waals surface area contributed by atoms with E-state index in [9.17, 15) is 34.0 Å². The molecule has 0 heterocycles. The Kier molecular flexibility index (Phi) is 11.1. The number of hydrogen-bond donors (Lipinski definition) is 7. The third-order valence-corrected chi connectivity index (χ3v) is 13.7. The molecular formula is C32H61N2O8S+. The normalized spacial score (nSPS) is 42.0. The molecule has 252 valence electrons. The molecule has 13 atom stereocenters. The van der Waals surface area contributed by atoms with Gasteiger partial charge in [0, 0.05) is 13.0 Å². The maximum absolute atomic E-state index is 11.8. The molecule has 0 saturated heterocycles. The van der Waals surface area contributed by atoms with E-state index < -0.39 is 34.3 Å². The molecule has 0 spiro atoms. The minimum atomic E-state index is -4.22. The van der Waals surface area contributed by atoms with E-state index in [1.54, 1.807) is 0 Å². The Hall–Kier alpha value is -0.370. The van der Waals surface area contributed by atoms with Crippen molar-refractivity contribution < 1.29 is 43.0 Å². The summed E-state index contributed by atoms with van der Waals surface area (Å²) in [6.07, 6.45) is 5.44. The van der Waals surface area contributed by atoms with Crippen LogP contribution < -0.4 is 5.32 Å². The van der Waals surface area contributed by atoms with E-state index in [0.29, 0.717) is 41.7 Å². The van der Waals surface area contributed by atoms with E-state index in [2.05, 4.69) is 26.1 Å². The number of aliphatic hydroxyl groups is 5. The molecule has 0 aliphatic heterocycles. The molecule has 4 aliphatic carbocycles. The smallest absolute Gasteiger partial charge is 0.267 e. The first kappa shape index (κ1) is 35.5. The van der Waals surface area contributed by atoms with Crippen molar-refractivity contribution in [3.8, 4) is 0 Å². The molecule has 4 fully saturated rings. The van der Waals surface area contributed by atoms with Crippen molar-refractivity contribution in [1.82, 2.24) is 5.32 Å². The highest BCUT2D eigenvalue weighted by Crippen LogP contribution is 2.68. The van der Waals surface area contributed by atoms with Gasteiger partial charge in [-0.2, -0.15) is 8.42 Å². The Bertz CT molecular complexity index is 1040. The van der Waals surface area contributed by atoms with E-state index in [1.807, 2.05) is 14.1 Å². The van der Waals surface area contributed by atoms with Gasteiger partial charge >= 0.3 is 0 Å². The second-order valence-corrected chi connectivity index (χ2v) is 17.6. The molecule has 0 aromatic rings. The number of likely N-dealkylation sites (N-methyl/N-ethyl adjacent to an activating group) is 1. The lowest BCUT2D eigenvalue weighted by Crippen LogP contribution is -2.62. The second kappa shape index (κ2) is 13.4. The summed E-state index contributed by atoms with van der Waals surface area (Å²) in [5, 5.41) is 57.5. The molecule has 10 nitrogen and oxygen atoms in total. The standard InChI is InChI=1S/C32H60N2O8S/c1-20(7-10-29(39)33-13-6-14-34(4,5)18-23(36)19-43(40,41)42)24-8-9-25-30-26(17-28(38)32(24,25)3)31(2)12-11-22(35)15-21(31)16-27(30)37/h20-30,33,35-39H,6-19H2,1-5H3/p+1. The monoisotopic (exact) mass is 633 g/mol. The highest BCUT2D eigenvalue weighted by molar-refractivity contribution is 7.85. The molecule has 0 radical (unpaired) electrons. The number of quaternary nitrogens is 1. The van der Waals surface area contributed by atoms with Crippen LogP contribution in [0, 0.1) is 46.3 Å². The van der Waals surface area contributed by atoms with Gasteiger partial charge in [0.15, 0.2) is 0 Å². The number of rotatable bonds is 13. The number of aliphatic hydroxyl groups excluding tert-OH is 5. The minimum absolute atomic E-state index is 0.0683. The van der Waals surface area contributed by atoms with Crippen LogP contribution in [-0.2, 0) is 10.1 Å². The zero-order chi connectivity index (χ0) is 32.0. The van der Waals surface area contributed by atoms with Crippen molar-refractivity contribution >= 4 is 10.1 Å². The summed E-state index contributed by atoms with van der Waals surface area (Å²) in [6.45, 7) is 8.34. The van der Waals surface area contributed by atoms with Crippen LogP contribution in [0.2, 0.25) is 0 Å². The third-order valence-electron chi connectivity index (χ3n) is 12.8. The van der Waals surface area contributed by atoms with Gasteiger partial charge in [-0.25, -0.2) is 0 Å². The summed E-state index contributed by atoms with van der Waals surface area (Å²) in [7, 11) is -0.428. The van der Waals surface area contributed by atoms with Crippen molar-refractivity contribution in [2.24, 2.45) is 46.3 Å². The van der Waals surface area contributed by atoms with Crippen LogP contribution in [0.4, 0.5) is 0 Å². The minimum Gasteiger partial charge on any atom is -0.393 e. The first-order valence-corrected chi connectivity index (χ1v) is 18.4. The highest BCUT2D eigenvalue weighted by atomic mass is 32.2. The Morgan fingerprint density at radius 1 is 0.977 bits per heavy atom. The van der Waals surface area contributed by atoms with Crippen LogP contribution in [0.15, 0.2) is 0 Å². The van der Waals surface area contributed by atoms with E-state index in [4.69, 9.17) is 4.55 Å². The van der Waals surface area contributed by atoms with Gasteiger partial charge in [0.05, 0.1) is 39.0 Å². The summed E-state index contributed by atoms with van der Waals surface area (Å²) >= 11 is 0. The summed E-state index contributed by atoms with van der Waals surface area (Å²) in [5.41, 5.74) is -0.181. The molecule has 0 amide bonds. The zero-order valence-electron chi connectivity index (χ0n) is 27.1. The van der Waals surface area contributed by atoms with E-state index in [-0.39, 0.29) is 47.3 Å². The lowest BCUT2D eigenvalue weighted by atomic mass is 9.43. The first-order chi connectivity index (χ1) is 19.9. The number of fused-ring (bicyclic) bond motifs is 5. The molecule has 0 aromatic carbocycles. The van der Waals surface area contributed by atoms with Crippen LogP contribution in [-0.4, -0.2) is 113 Å². The lowest BCUT2D eigenvalue weighted by Gasteiger charge is -2.63. The second-order valence-electron chi connectivity index (χ2n) is 16.1. The largest absolute Gasteiger partial charge is 0.393 e. The number of nitrogens with one attached hydrogen (secondary N) is 1. The zero-order valence-corrected chi connectivity index (χ0v) is 27.9. The molecule has 0 aromatic heterocycles. The van der Waals surface area contributed by atoms with Crippen LogP contribution in [0.25, 0.3) is 0 Å². The van der Waals surface area contributed by atoms with Gasteiger partial charge in [-0.05, 0) is 104 Å². The molecule has 4 aliphatic rings. The molecule has 7 N–H and O–H groups in total. The van der Waals surface area contributed by atoms with Gasteiger partial charge < -0.3 is 30.0 Å². The van der Waals surface area contributed by atoms with Crippen molar-refractivity contribution in [2.45, 2.75) is 116 Å². The molecule has 13 unspecified atom stereocenters. The number of nitrogens with zero attached hydrogens (tertiary/aromatic N) is 1.